The molecule has 0 aliphatic heterocycles. The van der Waals surface area contributed by atoms with E-state index in [-0.39, 0.29) is 17.4 Å². The summed E-state index contributed by atoms with van der Waals surface area (Å²) in [5.74, 6) is 0.441. The van der Waals surface area contributed by atoms with Gasteiger partial charge in [-0.15, -0.1) is 5.10 Å². The van der Waals surface area contributed by atoms with Crippen LogP contribution in [0, 0.1) is 6.92 Å². The third-order valence-corrected chi connectivity index (χ3v) is 6.14. The third kappa shape index (κ3) is 5.68. The number of aromatic amines is 1. The van der Waals surface area contributed by atoms with Crippen LogP contribution in [-0.4, -0.2) is 28.1 Å². The van der Waals surface area contributed by atoms with E-state index in [0.29, 0.717) is 10.7 Å². The molecule has 3 aromatic carbocycles. The molecule has 0 fully saturated rings. The van der Waals surface area contributed by atoms with Gasteiger partial charge in [-0.2, -0.15) is 9.67 Å². The molecule has 0 saturated heterocycles. The van der Waals surface area contributed by atoms with Gasteiger partial charge in [-0.05, 0) is 60.6 Å². The molecular weight excluding hydrogens is 502 g/mol. The second kappa shape index (κ2) is 10.5. The standard InChI is InChI=1S/C24H20BrN5O2S/c1-16-7-10-20(11-8-16)30-23(17-5-3-2-4-6-17)28-29-24(30)33-15-22(32)27-26-14-18-13-19(25)9-12-21(18)31/h2-14H,15H2,1H3,(H2,26,27,31,32). The zero-order valence-electron chi connectivity index (χ0n) is 17.7. The van der Waals surface area contributed by atoms with E-state index in [1.54, 1.807) is 12.1 Å². The molecule has 33 heavy (non-hydrogen) atoms. The number of halogens is 1. The Morgan fingerprint density at radius 1 is 1.18 bits per heavy atom. The molecule has 0 radical (unpaired) electrons. The average Bonchev–Trinajstić information content (AvgIpc) is 3.25. The zero-order chi connectivity index (χ0) is 23.2. The van der Waals surface area contributed by atoms with E-state index in [2.05, 4.69) is 36.7 Å². The van der Waals surface area contributed by atoms with Gasteiger partial charge in [0.05, 0.1) is 22.6 Å². The summed E-state index contributed by atoms with van der Waals surface area (Å²) in [6, 6.07) is 22.7. The first-order chi connectivity index (χ1) is 16.0. The third-order valence-electron chi connectivity index (χ3n) is 4.71. The van der Waals surface area contributed by atoms with Crippen LogP contribution in [0.3, 0.4) is 0 Å². The van der Waals surface area contributed by atoms with Crippen LogP contribution in [0.25, 0.3) is 17.1 Å². The van der Waals surface area contributed by atoms with E-state index in [4.69, 9.17) is 0 Å². The van der Waals surface area contributed by atoms with Gasteiger partial charge in [-0.25, -0.2) is 5.43 Å². The number of nitrogens with one attached hydrogen (secondary N) is 2. The molecule has 1 amide bonds. The number of thioether (sulfide) groups is 1. The maximum atomic E-state index is 12.3. The zero-order valence-corrected chi connectivity index (χ0v) is 20.1. The van der Waals surface area contributed by atoms with Crippen LogP contribution < -0.4 is 15.1 Å². The molecule has 0 spiro atoms. The van der Waals surface area contributed by atoms with Gasteiger partial charge in [0.15, 0.2) is 0 Å². The molecule has 0 aliphatic carbocycles. The summed E-state index contributed by atoms with van der Waals surface area (Å²) >= 11 is 4.60. The lowest BCUT2D eigenvalue weighted by Crippen LogP contribution is -2.34. The quantitative estimate of drug-likeness (QED) is 0.167. The summed E-state index contributed by atoms with van der Waals surface area (Å²) in [5, 5.41) is 23.9. The Morgan fingerprint density at radius 3 is 2.70 bits per heavy atom. The van der Waals surface area contributed by atoms with Gasteiger partial charge >= 0.3 is 5.16 Å². The molecule has 4 aromatic rings. The monoisotopic (exact) mass is 521 g/mol. The first kappa shape index (κ1) is 22.8. The van der Waals surface area contributed by atoms with E-state index < -0.39 is 0 Å². The van der Waals surface area contributed by atoms with E-state index in [0.717, 1.165) is 27.1 Å². The number of benzene rings is 3. The van der Waals surface area contributed by atoms with Crippen LogP contribution in [0.2, 0.25) is 0 Å². The average molecular weight is 522 g/mol. The number of carbonyl (C=O) groups is 1. The fourth-order valence-corrected chi connectivity index (χ4v) is 4.21. The van der Waals surface area contributed by atoms with Crippen molar-refractivity contribution in [1.29, 1.82) is 0 Å². The molecule has 9 heteroatoms. The smallest absolute Gasteiger partial charge is 0.342 e. The minimum absolute atomic E-state index is 0.102. The van der Waals surface area contributed by atoms with Crippen molar-refractivity contribution in [2.24, 2.45) is 5.10 Å². The molecule has 0 atom stereocenters. The van der Waals surface area contributed by atoms with Crippen molar-refractivity contribution < 1.29 is 14.5 Å². The number of carbonyl (C=O) groups excluding carboxylic acids is 1. The van der Waals surface area contributed by atoms with Crippen molar-refractivity contribution in [3.05, 3.63) is 88.4 Å². The van der Waals surface area contributed by atoms with Crippen LogP contribution in [0.15, 0.2) is 87.5 Å². The van der Waals surface area contributed by atoms with Gasteiger partial charge in [-0.1, -0.05) is 63.6 Å². The Bertz CT molecular complexity index is 1290. The fourth-order valence-electron chi connectivity index (χ4n) is 3.07. The number of aryl methyl sites for hydroxylation is 1. The highest BCUT2D eigenvalue weighted by atomic mass is 79.9. The largest absolute Gasteiger partial charge is 0.872 e. The summed E-state index contributed by atoms with van der Waals surface area (Å²) < 4.78 is 2.75. The Kier molecular flexibility index (Phi) is 7.21. The van der Waals surface area contributed by atoms with Crippen molar-refractivity contribution in [2.75, 3.05) is 5.75 Å². The summed E-state index contributed by atoms with van der Waals surface area (Å²) in [6.07, 6.45) is 1.34. The lowest BCUT2D eigenvalue weighted by atomic mass is 10.2. The van der Waals surface area contributed by atoms with E-state index >= 15 is 0 Å². The highest BCUT2D eigenvalue weighted by Crippen LogP contribution is 2.21. The molecule has 0 aliphatic rings. The first-order valence-corrected chi connectivity index (χ1v) is 11.8. The maximum absolute atomic E-state index is 12.3. The lowest BCUT2D eigenvalue weighted by Gasteiger charge is -2.09. The maximum Gasteiger partial charge on any atom is 0.342 e. The summed E-state index contributed by atoms with van der Waals surface area (Å²) in [7, 11) is 0. The van der Waals surface area contributed by atoms with Gasteiger partial charge in [0.1, 0.15) is 5.69 Å². The van der Waals surface area contributed by atoms with Crippen LogP contribution in [0.5, 0.6) is 5.75 Å². The van der Waals surface area contributed by atoms with Gasteiger partial charge in [-0.3, -0.25) is 4.79 Å². The summed E-state index contributed by atoms with van der Waals surface area (Å²) in [4.78, 5) is 12.3. The Labute approximate surface area is 203 Å². The van der Waals surface area contributed by atoms with Gasteiger partial charge in [0.2, 0.25) is 0 Å². The molecule has 166 valence electrons. The first-order valence-electron chi connectivity index (χ1n) is 10.1. The van der Waals surface area contributed by atoms with Crippen molar-refractivity contribution in [1.82, 2.24) is 15.6 Å². The highest BCUT2D eigenvalue weighted by Gasteiger charge is 2.24. The molecule has 1 heterocycles. The molecule has 0 unspecified atom stereocenters. The second-order valence-electron chi connectivity index (χ2n) is 7.16. The Morgan fingerprint density at radius 2 is 1.94 bits per heavy atom. The Balaban J connectivity index is 1.50. The van der Waals surface area contributed by atoms with Crippen molar-refractivity contribution in [2.45, 2.75) is 12.1 Å². The number of nitrogens with zero attached hydrogens (tertiary/aromatic N) is 3. The number of hydrogen-bond acceptors (Lipinski definition) is 5. The lowest BCUT2D eigenvalue weighted by molar-refractivity contribution is -0.625. The van der Waals surface area contributed by atoms with Crippen molar-refractivity contribution >= 4 is 39.8 Å². The molecule has 7 nitrogen and oxygen atoms in total. The van der Waals surface area contributed by atoms with Crippen molar-refractivity contribution in [3.8, 4) is 22.8 Å². The van der Waals surface area contributed by atoms with Gasteiger partial charge < -0.3 is 5.11 Å². The van der Waals surface area contributed by atoms with Crippen LogP contribution in [-0.2, 0) is 4.79 Å². The van der Waals surface area contributed by atoms with Crippen LogP contribution in [0.4, 0.5) is 0 Å². The molecule has 0 bridgehead atoms. The summed E-state index contributed by atoms with van der Waals surface area (Å²) in [6.45, 7) is 2.03. The predicted molar refractivity (Wildman–Crippen MR) is 130 cm³/mol. The molecule has 4 rings (SSSR count). The number of hydrazone groups is 1. The van der Waals surface area contributed by atoms with Crippen LogP contribution in [0.1, 0.15) is 11.1 Å². The predicted octanol–water partition coefficient (Wildman–Crippen LogP) is 3.74. The number of aromatic nitrogens is 3. The molecule has 2 N–H and O–H groups in total. The SMILES string of the molecule is Cc1ccc(-[n+]2c(SCC(=O)NN=Cc3cc(Br)ccc3[O-])n[nH]c2-c2ccccc2)cc1. The molecule has 0 saturated carbocycles. The fraction of sp³-hybridized carbons (Fsp3) is 0.0833. The molecular formula is C24H20BrN5O2S. The van der Waals surface area contributed by atoms with Gasteiger partial charge in [0.25, 0.3) is 11.7 Å². The number of H-pyrrole nitrogens is 1. The van der Waals surface area contributed by atoms with E-state index in [9.17, 15) is 9.90 Å². The topological polar surface area (TPSA) is 97.1 Å². The highest BCUT2D eigenvalue weighted by molar-refractivity contribution is 9.10. The minimum atomic E-state index is -0.307. The van der Waals surface area contributed by atoms with Crippen LogP contribution >= 0.6 is 27.7 Å². The Hall–Kier alpha value is -3.43. The molecule has 1 aromatic heterocycles. The van der Waals surface area contributed by atoms with Gasteiger partial charge in [0, 0.05) is 4.47 Å². The number of hydrogen-bond donors (Lipinski definition) is 2. The van der Waals surface area contributed by atoms with E-state index in [1.165, 1.54) is 24.0 Å². The minimum Gasteiger partial charge on any atom is -0.872 e. The number of amides is 1. The van der Waals surface area contributed by atoms with E-state index in [1.807, 2.05) is 66.1 Å². The second-order valence-corrected chi connectivity index (χ2v) is 9.01. The number of rotatable bonds is 7. The normalized spacial score (nSPS) is 11.1. The summed E-state index contributed by atoms with van der Waals surface area (Å²) in [5.41, 5.74) is 5.92. The van der Waals surface area contributed by atoms with Crippen molar-refractivity contribution in [3.63, 3.8) is 0 Å².